The van der Waals surface area contributed by atoms with E-state index < -0.39 is 0 Å². The van der Waals surface area contributed by atoms with E-state index in [1.165, 1.54) is 34.7 Å². The third kappa shape index (κ3) is 3.78. The number of allylic oxidation sites excluding steroid dienone is 1. The topological polar surface area (TPSA) is 15.3 Å². The lowest BCUT2D eigenvalue weighted by Crippen LogP contribution is -2.43. The lowest BCUT2D eigenvalue weighted by molar-refractivity contribution is 0.179. The number of aryl methyl sites for hydroxylation is 1. The molecule has 1 N–H and O–H groups in total. The van der Waals surface area contributed by atoms with Crippen LogP contribution in [0, 0.1) is 0 Å². The molecule has 2 nitrogen and oxygen atoms in total. The number of halogens is 1. The molecule has 2 heterocycles. The van der Waals surface area contributed by atoms with Crippen molar-refractivity contribution in [3.63, 3.8) is 0 Å². The van der Waals surface area contributed by atoms with Gasteiger partial charge in [0.1, 0.15) is 0 Å². The molecule has 0 saturated carbocycles. The highest BCUT2D eigenvalue weighted by molar-refractivity contribution is 7.98. The number of hydrogen-bond acceptors (Lipinski definition) is 3. The Hall–Kier alpha value is -1.42. The van der Waals surface area contributed by atoms with Gasteiger partial charge in [0.15, 0.2) is 0 Å². The molecule has 0 atom stereocenters. The quantitative estimate of drug-likeness (QED) is 0.625. The van der Waals surface area contributed by atoms with Crippen molar-refractivity contribution in [1.29, 1.82) is 0 Å². The first kappa shape index (κ1) is 18.9. The Bertz CT molecular complexity index is 823. The van der Waals surface area contributed by atoms with Gasteiger partial charge in [-0.15, -0.1) is 11.8 Å². The van der Waals surface area contributed by atoms with Crippen LogP contribution in [0.5, 0.6) is 0 Å². The zero-order valence-corrected chi connectivity index (χ0v) is 17.5. The predicted octanol–water partition coefficient (Wildman–Crippen LogP) is 5.97. The average molecular weight is 399 g/mol. The lowest BCUT2D eigenvalue weighted by atomic mass is 9.72. The van der Waals surface area contributed by atoms with E-state index in [0.29, 0.717) is 0 Å². The maximum absolute atomic E-state index is 6.28. The summed E-state index contributed by atoms with van der Waals surface area (Å²) < 4.78 is 0. The van der Waals surface area contributed by atoms with E-state index >= 15 is 0 Å². The van der Waals surface area contributed by atoms with E-state index in [4.69, 9.17) is 11.6 Å². The van der Waals surface area contributed by atoms with Crippen LogP contribution in [0.25, 0.3) is 0 Å². The van der Waals surface area contributed by atoms with Gasteiger partial charge < -0.3 is 10.2 Å². The fraction of sp³-hybridized carbons (Fsp3) is 0.391. The molecule has 0 radical (unpaired) electrons. The largest absolute Gasteiger partial charge is 0.358 e. The SMILES string of the molecule is C=C1Nc2ccc(Cl)cc2C12CCN(CCCc1ccc(SC)cc1)CC2. The predicted molar refractivity (Wildman–Crippen MR) is 118 cm³/mol. The Labute approximate surface area is 172 Å². The summed E-state index contributed by atoms with van der Waals surface area (Å²) in [7, 11) is 0. The highest BCUT2D eigenvalue weighted by Crippen LogP contribution is 2.50. The van der Waals surface area contributed by atoms with E-state index in [1.54, 1.807) is 11.8 Å². The lowest BCUT2D eigenvalue weighted by Gasteiger charge is -2.40. The number of anilines is 1. The Kier molecular flexibility index (Phi) is 5.54. The van der Waals surface area contributed by atoms with Crippen LogP contribution in [0.15, 0.2) is 59.6 Å². The van der Waals surface area contributed by atoms with Gasteiger partial charge in [0.05, 0.1) is 0 Å². The zero-order chi connectivity index (χ0) is 18.9. The van der Waals surface area contributed by atoms with Gasteiger partial charge in [-0.25, -0.2) is 0 Å². The summed E-state index contributed by atoms with van der Waals surface area (Å²) in [5, 5.41) is 4.32. The Morgan fingerprint density at radius 3 is 2.59 bits per heavy atom. The van der Waals surface area contributed by atoms with Crippen molar-refractivity contribution in [2.45, 2.75) is 36.0 Å². The molecular weight excluding hydrogens is 372 g/mol. The van der Waals surface area contributed by atoms with Crippen molar-refractivity contribution >= 4 is 29.1 Å². The molecule has 2 aliphatic heterocycles. The summed E-state index contributed by atoms with van der Waals surface area (Å²) in [5.41, 5.74) is 5.18. The minimum absolute atomic E-state index is 0.0599. The molecule has 0 aliphatic carbocycles. The van der Waals surface area contributed by atoms with Crippen LogP contribution in [-0.2, 0) is 11.8 Å². The number of hydrogen-bond donors (Lipinski definition) is 1. The standard InChI is InChI=1S/C23H27ClN2S/c1-17-23(21-16-19(24)7-10-22(21)25-17)11-14-26(15-12-23)13-3-4-18-5-8-20(27-2)9-6-18/h5-10,16,25H,1,3-4,11-15H2,2H3. The Morgan fingerprint density at radius 1 is 1.15 bits per heavy atom. The number of nitrogens with one attached hydrogen (secondary N) is 1. The number of piperidine rings is 1. The van der Waals surface area contributed by atoms with Gasteiger partial charge in [-0.1, -0.05) is 30.3 Å². The number of rotatable bonds is 5. The summed E-state index contributed by atoms with van der Waals surface area (Å²) in [5.74, 6) is 0. The number of thioether (sulfide) groups is 1. The smallest absolute Gasteiger partial charge is 0.0425 e. The highest BCUT2D eigenvalue weighted by Gasteiger charge is 2.44. The molecule has 1 fully saturated rings. The van der Waals surface area contributed by atoms with E-state index in [0.717, 1.165) is 43.1 Å². The van der Waals surface area contributed by atoms with Crippen molar-refractivity contribution in [2.75, 3.05) is 31.2 Å². The number of nitrogens with zero attached hydrogens (tertiary/aromatic N) is 1. The molecule has 2 aliphatic rings. The molecule has 4 heteroatoms. The van der Waals surface area contributed by atoms with Gasteiger partial charge in [0.2, 0.25) is 0 Å². The fourth-order valence-corrected chi connectivity index (χ4v) is 5.07. The first-order valence-corrected chi connectivity index (χ1v) is 11.3. The summed E-state index contributed by atoms with van der Waals surface area (Å²) >= 11 is 8.08. The minimum Gasteiger partial charge on any atom is -0.358 e. The van der Waals surface area contributed by atoms with Crippen LogP contribution in [0.2, 0.25) is 5.02 Å². The van der Waals surface area contributed by atoms with Gasteiger partial charge in [0.25, 0.3) is 0 Å². The van der Waals surface area contributed by atoms with Crippen molar-refractivity contribution in [3.8, 4) is 0 Å². The first-order chi connectivity index (χ1) is 13.1. The third-order valence-electron chi connectivity index (χ3n) is 6.17. The molecule has 4 rings (SSSR count). The minimum atomic E-state index is 0.0599. The van der Waals surface area contributed by atoms with Gasteiger partial charge in [-0.2, -0.15) is 0 Å². The maximum Gasteiger partial charge on any atom is 0.0425 e. The zero-order valence-electron chi connectivity index (χ0n) is 15.9. The first-order valence-electron chi connectivity index (χ1n) is 9.72. The van der Waals surface area contributed by atoms with E-state index in [9.17, 15) is 0 Å². The monoisotopic (exact) mass is 398 g/mol. The van der Waals surface area contributed by atoms with Crippen molar-refractivity contribution < 1.29 is 0 Å². The van der Waals surface area contributed by atoms with Crippen LogP contribution < -0.4 is 5.32 Å². The number of likely N-dealkylation sites (tertiary alicyclic amines) is 1. The van der Waals surface area contributed by atoms with Crippen LogP contribution in [0.4, 0.5) is 5.69 Å². The summed E-state index contributed by atoms with van der Waals surface area (Å²) in [6.45, 7) is 7.76. The van der Waals surface area contributed by atoms with E-state index in [-0.39, 0.29) is 5.41 Å². The molecular formula is C23H27ClN2S. The Morgan fingerprint density at radius 2 is 1.89 bits per heavy atom. The Balaban J connectivity index is 1.33. The molecule has 2 aromatic rings. The van der Waals surface area contributed by atoms with Crippen molar-refractivity contribution in [1.82, 2.24) is 4.90 Å². The fourth-order valence-electron chi connectivity index (χ4n) is 4.49. The van der Waals surface area contributed by atoms with Crippen LogP contribution in [0.1, 0.15) is 30.4 Å². The molecule has 0 bridgehead atoms. The highest BCUT2D eigenvalue weighted by atomic mass is 35.5. The molecule has 1 saturated heterocycles. The number of benzene rings is 2. The van der Waals surface area contributed by atoms with Gasteiger partial charge >= 0.3 is 0 Å². The molecule has 27 heavy (non-hydrogen) atoms. The molecule has 142 valence electrons. The van der Waals surface area contributed by atoms with Gasteiger partial charge in [0, 0.05) is 26.7 Å². The summed E-state index contributed by atoms with van der Waals surface area (Å²) in [6, 6.07) is 15.2. The van der Waals surface area contributed by atoms with E-state index in [2.05, 4.69) is 59.4 Å². The normalized spacial score (nSPS) is 18.5. The summed E-state index contributed by atoms with van der Waals surface area (Å²) in [6.07, 6.45) is 6.73. The van der Waals surface area contributed by atoms with Gasteiger partial charge in [-0.05, 0) is 93.0 Å². The van der Waals surface area contributed by atoms with Crippen LogP contribution in [-0.4, -0.2) is 30.8 Å². The van der Waals surface area contributed by atoms with Gasteiger partial charge in [-0.3, -0.25) is 0 Å². The van der Waals surface area contributed by atoms with E-state index in [1.807, 2.05) is 6.07 Å². The van der Waals surface area contributed by atoms with Crippen molar-refractivity contribution in [3.05, 3.63) is 70.9 Å². The maximum atomic E-state index is 6.28. The second-order valence-electron chi connectivity index (χ2n) is 7.67. The number of fused-ring (bicyclic) bond motifs is 2. The molecule has 1 spiro atoms. The second kappa shape index (κ2) is 7.90. The molecule has 0 aromatic heterocycles. The summed E-state index contributed by atoms with van der Waals surface area (Å²) in [4.78, 5) is 3.95. The molecule has 2 aromatic carbocycles. The van der Waals surface area contributed by atoms with Crippen LogP contribution in [0.3, 0.4) is 0 Å². The van der Waals surface area contributed by atoms with Crippen molar-refractivity contribution in [2.24, 2.45) is 0 Å². The molecule has 0 amide bonds. The average Bonchev–Trinajstić information content (AvgIpc) is 2.95. The molecule has 0 unspecified atom stereocenters. The third-order valence-corrected chi connectivity index (χ3v) is 7.15. The van der Waals surface area contributed by atoms with Crippen LogP contribution >= 0.6 is 23.4 Å². The second-order valence-corrected chi connectivity index (χ2v) is 8.98.